The van der Waals surface area contributed by atoms with Crippen LogP contribution < -0.4 is 5.32 Å². The van der Waals surface area contributed by atoms with Crippen molar-refractivity contribution in [3.8, 4) is 0 Å². The van der Waals surface area contributed by atoms with Gasteiger partial charge in [-0.2, -0.15) is 0 Å². The van der Waals surface area contributed by atoms with Crippen molar-refractivity contribution in [3.63, 3.8) is 0 Å². The number of carbonyl (C=O) groups is 2. The van der Waals surface area contributed by atoms with Gasteiger partial charge >= 0.3 is 6.03 Å². The van der Waals surface area contributed by atoms with E-state index in [1.54, 1.807) is 0 Å². The SMILES string of the molecule is CCCCCCC(C)NC(=O)N1CCC(C(=O)N2CCOCC2)CC1. The molecule has 0 bridgehead atoms. The molecule has 2 heterocycles. The van der Waals surface area contributed by atoms with E-state index in [-0.39, 0.29) is 23.9 Å². The predicted octanol–water partition coefficient (Wildman–Crippen LogP) is 2.63. The van der Waals surface area contributed by atoms with E-state index in [1.165, 1.54) is 25.7 Å². The van der Waals surface area contributed by atoms with Crippen LogP contribution in [0, 0.1) is 5.92 Å². The number of unbranched alkanes of at least 4 members (excludes halogenated alkanes) is 3. The van der Waals surface area contributed by atoms with Crippen LogP contribution in [0.25, 0.3) is 0 Å². The van der Waals surface area contributed by atoms with Gasteiger partial charge in [0.1, 0.15) is 0 Å². The van der Waals surface area contributed by atoms with Crippen molar-refractivity contribution in [2.24, 2.45) is 5.92 Å². The summed E-state index contributed by atoms with van der Waals surface area (Å²) in [6, 6.07) is 0.248. The molecular weight excluding hydrogens is 318 g/mol. The molecule has 144 valence electrons. The van der Waals surface area contributed by atoms with E-state index >= 15 is 0 Å². The summed E-state index contributed by atoms with van der Waals surface area (Å²) < 4.78 is 5.31. The predicted molar refractivity (Wildman–Crippen MR) is 98.4 cm³/mol. The molecule has 0 aliphatic carbocycles. The smallest absolute Gasteiger partial charge is 0.317 e. The van der Waals surface area contributed by atoms with Crippen molar-refractivity contribution in [2.75, 3.05) is 39.4 Å². The monoisotopic (exact) mass is 353 g/mol. The summed E-state index contributed by atoms with van der Waals surface area (Å²) >= 11 is 0. The van der Waals surface area contributed by atoms with Gasteiger partial charge in [0.05, 0.1) is 13.2 Å². The molecule has 1 atom stereocenters. The van der Waals surface area contributed by atoms with Crippen molar-refractivity contribution in [3.05, 3.63) is 0 Å². The van der Waals surface area contributed by atoms with Gasteiger partial charge in [-0.25, -0.2) is 4.79 Å². The molecule has 1 unspecified atom stereocenters. The first kappa shape index (κ1) is 20.0. The van der Waals surface area contributed by atoms with E-state index in [4.69, 9.17) is 4.74 Å². The molecule has 1 N–H and O–H groups in total. The second-order valence-corrected chi connectivity index (χ2v) is 7.40. The molecule has 2 saturated heterocycles. The largest absolute Gasteiger partial charge is 0.378 e. The van der Waals surface area contributed by atoms with Gasteiger partial charge < -0.3 is 19.9 Å². The van der Waals surface area contributed by atoms with Crippen LogP contribution in [0.1, 0.15) is 58.8 Å². The van der Waals surface area contributed by atoms with Crippen LogP contribution in [0.4, 0.5) is 4.79 Å². The summed E-state index contributed by atoms with van der Waals surface area (Å²) in [5.74, 6) is 0.307. The Hall–Kier alpha value is -1.30. The minimum absolute atomic E-state index is 0.0280. The molecule has 25 heavy (non-hydrogen) atoms. The fraction of sp³-hybridized carbons (Fsp3) is 0.895. The lowest BCUT2D eigenvalue weighted by atomic mass is 9.95. The van der Waals surface area contributed by atoms with Gasteiger partial charge in [0.15, 0.2) is 0 Å². The fourth-order valence-corrected chi connectivity index (χ4v) is 3.62. The normalized spacial score (nSPS) is 20.4. The van der Waals surface area contributed by atoms with Crippen molar-refractivity contribution in [2.45, 2.75) is 64.8 Å². The molecule has 0 aromatic heterocycles. The molecule has 0 aromatic carbocycles. The summed E-state index contributed by atoms with van der Waals surface area (Å²) in [6.45, 7) is 8.33. The zero-order valence-corrected chi connectivity index (χ0v) is 16.0. The zero-order chi connectivity index (χ0) is 18.1. The van der Waals surface area contributed by atoms with Crippen LogP contribution in [0.3, 0.4) is 0 Å². The van der Waals surface area contributed by atoms with E-state index in [9.17, 15) is 9.59 Å². The van der Waals surface area contributed by atoms with E-state index in [1.807, 2.05) is 9.80 Å². The van der Waals surface area contributed by atoms with E-state index < -0.39 is 0 Å². The Labute approximate surface area is 152 Å². The highest BCUT2D eigenvalue weighted by atomic mass is 16.5. The average Bonchev–Trinajstić information content (AvgIpc) is 2.65. The van der Waals surface area contributed by atoms with Gasteiger partial charge in [0.25, 0.3) is 0 Å². The number of nitrogens with zero attached hydrogens (tertiary/aromatic N) is 2. The van der Waals surface area contributed by atoms with E-state index in [2.05, 4.69) is 19.2 Å². The average molecular weight is 354 g/mol. The third kappa shape index (κ3) is 6.49. The first-order chi connectivity index (χ1) is 12.1. The second-order valence-electron chi connectivity index (χ2n) is 7.40. The molecule has 0 radical (unpaired) electrons. The van der Waals surface area contributed by atoms with Crippen LogP contribution in [-0.4, -0.2) is 67.2 Å². The van der Waals surface area contributed by atoms with Gasteiger partial charge in [-0.05, 0) is 26.2 Å². The van der Waals surface area contributed by atoms with Crippen LogP contribution in [0.2, 0.25) is 0 Å². The van der Waals surface area contributed by atoms with Crippen LogP contribution in [0.5, 0.6) is 0 Å². The Morgan fingerprint density at radius 3 is 2.36 bits per heavy atom. The van der Waals surface area contributed by atoms with Crippen LogP contribution in [0.15, 0.2) is 0 Å². The van der Waals surface area contributed by atoms with Crippen molar-refractivity contribution < 1.29 is 14.3 Å². The lowest BCUT2D eigenvalue weighted by Gasteiger charge is -2.35. The number of hydrogen-bond acceptors (Lipinski definition) is 3. The number of piperidine rings is 1. The minimum atomic E-state index is 0.0280. The maximum Gasteiger partial charge on any atom is 0.317 e. The highest BCUT2D eigenvalue weighted by Gasteiger charge is 2.31. The van der Waals surface area contributed by atoms with Crippen molar-refractivity contribution in [1.82, 2.24) is 15.1 Å². The number of ether oxygens (including phenoxy) is 1. The fourth-order valence-electron chi connectivity index (χ4n) is 3.62. The molecule has 2 rings (SSSR count). The molecule has 2 aliphatic rings. The molecule has 0 spiro atoms. The van der Waals surface area contributed by atoms with Crippen molar-refractivity contribution >= 4 is 11.9 Å². The molecule has 0 saturated carbocycles. The van der Waals surface area contributed by atoms with E-state index in [0.717, 1.165) is 19.3 Å². The van der Waals surface area contributed by atoms with Crippen LogP contribution >= 0.6 is 0 Å². The highest BCUT2D eigenvalue weighted by molar-refractivity contribution is 5.80. The highest BCUT2D eigenvalue weighted by Crippen LogP contribution is 2.20. The maximum absolute atomic E-state index is 12.5. The Balaban J connectivity index is 1.66. The molecule has 3 amide bonds. The number of amides is 3. The Morgan fingerprint density at radius 2 is 1.72 bits per heavy atom. The quantitative estimate of drug-likeness (QED) is 0.716. The summed E-state index contributed by atoms with van der Waals surface area (Å²) in [5, 5.41) is 3.11. The third-order valence-corrected chi connectivity index (χ3v) is 5.31. The number of hydrogen-bond donors (Lipinski definition) is 1. The lowest BCUT2D eigenvalue weighted by Crippen LogP contribution is -2.50. The lowest BCUT2D eigenvalue weighted by molar-refractivity contribution is -0.141. The maximum atomic E-state index is 12.5. The number of likely N-dealkylation sites (tertiary alicyclic amines) is 1. The Kier molecular flexibility index (Phi) is 8.52. The number of urea groups is 1. The standard InChI is InChI=1S/C19H35N3O3/c1-3-4-5-6-7-16(2)20-19(24)22-10-8-17(9-11-22)18(23)21-12-14-25-15-13-21/h16-17H,3-15H2,1-2H3,(H,20,24). The summed E-state index contributed by atoms with van der Waals surface area (Å²) in [7, 11) is 0. The Bertz CT molecular complexity index is 416. The molecule has 2 fully saturated rings. The molecule has 6 nitrogen and oxygen atoms in total. The van der Waals surface area contributed by atoms with E-state index in [0.29, 0.717) is 39.4 Å². The number of morpholine rings is 1. The van der Waals surface area contributed by atoms with Crippen LogP contribution in [-0.2, 0) is 9.53 Å². The molecular formula is C19H35N3O3. The first-order valence-corrected chi connectivity index (χ1v) is 10.0. The summed E-state index contributed by atoms with van der Waals surface area (Å²) in [6.07, 6.45) is 7.50. The second kappa shape index (κ2) is 10.6. The van der Waals surface area contributed by atoms with Crippen molar-refractivity contribution in [1.29, 1.82) is 0 Å². The summed E-state index contributed by atoms with van der Waals surface area (Å²) in [4.78, 5) is 28.7. The van der Waals surface area contributed by atoms with Gasteiger partial charge in [-0.3, -0.25) is 4.79 Å². The molecule has 2 aliphatic heterocycles. The summed E-state index contributed by atoms with van der Waals surface area (Å²) in [5.41, 5.74) is 0. The zero-order valence-electron chi connectivity index (χ0n) is 16.0. The molecule has 0 aromatic rings. The van der Waals surface area contributed by atoms with Gasteiger partial charge in [-0.1, -0.05) is 32.6 Å². The minimum Gasteiger partial charge on any atom is -0.378 e. The number of nitrogens with one attached hydrogen (secondary N) is 1. The number of rotatable bonds is 7. The molecule has 6 heteroatoms. The van der Waals surface area contributed by atoms with Gasteiger partial charge in [0, 0.05) is 38.1 Å². The van der Waals surface area contributed by atoms with Gasteiger partial charge in [-0.15, -0.1) is 0 Å². The first-order valence-electron chi connectivity index (χ1n) is 10.0. The Morgan fingerprint density at radius 1 is 1.04 bits per heavy atom. The van der Waals surface area contributed by atoms with Gasteiger partial charge in [0.2, 0.25) is 5.91 Å². The topological polar surface area (TPSA) is 61.9 Å². The third-order valence-electron chi connectivity index (χ3n) is 5.31. The number of carbonyl (C=O) groups excluding carboxylic acids is 2.